The number of halogens is 1. The van der Waals surface area contributed by atoms with E-state index in [1.54, 1.807) is 13.0 Å². The number of carbonyl (C=O) groups is 1. The van der Waals surface area contributed by atoms with E-state index in [0.29, 0.717) is 12.0 Å². The zero-order valence-corrected chi connectivity index (χ0v) is 15.3. The van der Waals surface area contributed by atoms with Gasteiger partial charge in [-0.3, -0.25) is 4.79 Å². The van der Waals surface area contributed by atoms with E-state index in [4.69, 9.17) is 4.74 Å². The van der Waals surface area contributed by atoms with E-state index in [-0.39, 0.29) is 12.4 Å². The SMILES string of the molecule is C=C1Cc2ccc(F)cc2C1[C@H](N[S@](=O)C(C)(C)C)C(=O)OCC. The molecule has 0 saturated carbocycles. The largest absolute Gasteiger partial charge is 0.465 e. The quantitative estimate of drug-likeness (QED) is 0.654. The van der Waals surface area contributed by atoms with E-state index in [2.05, 4.69) is 11.3 Å². The van der Waals surface area contributed by atoms with Gasteiger partial charge in [0, 0.05) is 5.92 Å². The third kappa shape index (κ3) is 3.92. The number of esters is 1. The molecular weight excluding hydrogens is 329 g/mol. The highest BCUT2D eigenvalue weighted by molar-refractivity contribution is 7.84. The molecule has 0 saturated heterocycles. The number of benzene rings is 1. The molecule has 0 radical (unpaired) electrons. The summed E-state index contributed by atoms with van der Waals surface area (Å²) in [6, 6.07) is 3.67. The van der Waals surface area contributed by atoms with Crippen LogP contribution in [-0.2, 0) is 26.9 Å². The van der Waals surface area contributed by atoms with Crippen molar-refractivity contribution in [1.82, 2.24) is 4.72 Å². The molecule has 0 aromatic heterocycles. The maximum absolute atomic E-state index is 13.7. The monoisotopic (exact) mass is 353 g/mol. The minimum absolute atomic E-state index is 0.217. The van der Waals surface area contributed by atoms with Gasteiger partial charge in [0.25, 0.3) is 0 Å². The molecule has 0 heterocycles. The number of fused-ring (bicyclic) bond motifs is 1. The first kappa shape index (κ1) is 18.8. The van der Waals surface area contributed by atoms with Gasteiger partial charge in [0.15, 0.2) is 0 Å². The van der Waals surface area contributed by atoms with Crippen molar-refractivity contribution in [2.45, 2.75) is 50.8 Å². The molecule has 0 bridgehead atoms. The smallest absolute Gasteiger partial charge is 0.325 e. The van der Waals surface area contributed by atoms with Crippen molar-refractivity contribution in [3.05, 3.63) is 47.3 Å². The summed E-state index contributed by atoms with van der Waals surface area (Å²) in [5.41, 5.74) is 2.42. The van der Waals surface area contributed by atoms with Crippen LogP contribution in [0.5, 0.6) is 0 Å². The lowest BCUT2D eigenvalue weighted by Gasteiger charge is -2.28. The van der Waals surface area contributed by atoms with Gasteiger partial charge in [0.1, 0.15) is 11.9 Å². The number of hydrogen-bond acceptors (Lipinski definition) is 3. The Balaban J connectivity index is 2.41. The van der Waals surface area contributed by atoms with Gasteiger partial charge in [0.2, 0.25) is 0 Å². The van der Waals surface area contributed by atoms with Gasteiger partial charge in [-0.25, -0.2) is 13.3 Å². The van der Waals surface area contributed by atoms with E-state index in [1.807, 2.05) is 20.8 Å². The predicted molar refractivity (Wildman–Crippen MR) is 93.4 cm³/mol. The molecule has 0 spiro atoms. The fourth-order valence-corrected chi connectivity index (χ4v) is 3.60. The van der Waals surface area contributed by atoms with Crippen LogP contribution < -0.4 is 4.72 Å². The Kier molecular flexibility index (Phi) is 5.60. The van der Waals surface area contributed by atoms with Crippen LogP contribution in [0, 0.1) is 5.82 Å². The summed E-state index contributed by atoms with van der Waals surface area (Å²) < 4.78 is 33.7. The highest BCUT2D eigenvalue weighted by atomic mass is 32.2. The highest BCUT2D eigenvalue weighted by Crippen LogP contribution is 2.40. The van der Waals surface area contributed by atoms with Crippen LogP contribution in [0.2, 0.25) is 0 Å². The van der Waals surface area contributed by atoms with E-state index in [0.717, 1.165) is 11.1 Å². The van der Waals surface area contributed by atoms with Gasteiger partial charge in [0.05, 0.1) is 22.3 Å². The second-order valence-electron chi connectivity index (χ2n) is 6.88. The van der Waals surface area contributed by atoms with Gasteiger partial charge < -0.3 is 4.74 Å². The van der Waals surface area contributed by atoms with Crippen molar-refractivity contribution >= 4 is 17.0 Å². The fraction of sp³-hybridized carbons (Fsp3) is 0.500. The minimum Gasteiger partial charge on any atom is -0.465 e. The Morgan fingerprint density at radius 2 is 2.17 bits per heavy atom. The highest BCUT2D eigenvalue weighted by Gasteiger charge is 2.40. The first-order chi connectivity index (χ1) is 11.1. The molecule has 1 aromatic carbocycles. The lowest BCUT2D eigenvalue weighted by atomic mass is 9.91. The normalized spacial score (nSPS) is 19.7. The summed E-state index contributed by atoms with van der Waals surface area (Å²) in [4.78, 5) is 12.5. The molecule has 1 unspecified atom stereocenters. The number of rotatable bonds is 5. The zero-order valence-electron chi connectivity index (χ0n) is 14.5. The van der Waals surface area contributed by atoms with Gasteiger partial charge >= 0.3 is 5.97 Å². The van der Waals surface area contributed by atoms with Crippen LogP contribution in [0.4, 0.5) is 4.39 Å². The average molecular weight is 353 g/mol. The Morgan fingerprint density at radius 3 is 2.75 bits per heavy atom. The summed E-state index contributed by atoms with van der Waals surface area (Å²) in [5, 5.41) is 0. The number of carbonyl (C=O) groups excluding carboxylic acids is 1. The first-order valence-corrected chi connectivity index (χ1v) is 9.10. The van der Waals surface area contributed by atoms with Crippen LogP contribution in [0.1, 0.15) is 44.7 Å². The van der Waals surface area contributed by atoms with Crippen molar-refractivity contribution in [2.75, 3.05) is 6.61 Å². The summed E-state index contributed by atoms with van der Waals surface area (Å²) in [6.45, 7) is 11.4. The Morgan fingerprint density at radius 1 is 1.50 bits per heavy atom. The van der Waals surface area contributed by atoms with E-state index in [1.165, 1.54) is 12.1 Å². The third-order valence-electron chi connectivity index (χ3n) is 3.96. The molecule has 0 fully saturated rings. The predicted octanol–water partition coefficient (Wildman–Crippen LogP) is 3.01. The molecule has 1 N–H and O–H groups in total. The molecule has 0 aliphatic heterocycles. The molecule has 6 heteroatoms. The Hall–Kier alpha value is -1.53. The summed E-state index contributed by atoms with van der Waals surface area (Å²) in [6.07, 6.45) is 0.569. The number of hydrogen-bond donors (Lipinski definition) is 1. The van der Waals surface area contributed by atoms with Gasteiger partial charge in [-0.2, -0.15) is 0 Å². The van der Waals surface area contributed by atoms with E-state index < -0.39 is 33.7 Å². The second kappa shape index (κ2) is 7.15. The molecule has 3 atom stereocenters. The van der Waals surface area contributed by atoms with Crippen LogP contribution in [0.3, 0.4) is 0 Å². The van der Waals surface area contributed by atoms with Crippen LogP contribution in [0.15, 0.2) is 30.4 Å². The standard InChI is InChI=1S/C18H24FNO3S/c1-6-23-17(21)16(20-24(22)18(3,4)5)15-11(2)9-12-7-8-13(19)10-14(12)15/h7-8,10,15-16,20H,2,6,9H2,1,3-5H3/t15?,16-,24+/m0/s1. The van der Waals surface area contributed by atoms with Crippen LogP contribution >= 0.6 is 0 Å². The zero-order chi connectivity index (χ0) is 18.1. The van der Waals surface area contributed by atoms with Crippen molar-refractivity contribution in [3.63, 3.8) is 0 Å². The molecule has 4 nitrogen and oxygen atoms in total. The Bertz CT molecular complexity index is 681. The van der Waals surface area contributed by atoms with E-state index in [9.17, 15) is 13.4 Å². The maximum Gasteiger partial charge on any atom is 0.325 e. The molecule has 1 aromatic rings. The Labute approximate surface area is 145 Å². The minimum atomic E-state index is -1.47. The molecule has 132 valence electrons. The summed E-state index contributed by atoms with van der Waals surface area (Å²) in [7, 11) is -1.47. The average Bonchev–Trinajstić information content (AvgIpc) is 2.79. The van der Waals surface area contributed by atoms with Crippen LogP contribution in [-0.4, -0.2) is 27.6 Å². The summed E-state index contributed by atoms with van der Waals surface area (Å²) in [5.74, 6) is -1.33. The maximum atomic E-state index is 13.7. The fourth-order valence-electron chi connectivity index (χ4n) is 2.78. The van der Waals surface area contributed by atoms with Gasteiger partial charge in [-0.1, -0.05) is 18.2 Å². The molecule has 24 heavy (non-hydrogen) atoms. The van der Waals surface area contributed by atoms with Crippen LogP contribution in [0.25, 0.3) is 0 Å². The molecule has 0 amide bonds. The summed E-state index contributed by atoms with van der Waals surface area (Å²) >= 11 is 0. The topological polar surface area (TPSA) is 55.4 Å². The molecule has 1 aliphatic carbocycles. The molecule has 2 rings (SSSR count). The van der Waals surface area contributed by atoms with Gasteiger partial charge in [-0.15, -0.1) is 0 Å². The lowest BCUT2D eigenvalue weighted by Crippen LogP contribution is -2.47. The van der Waals surface area contributed by atoms with Gasteiger partial charge in [-0.05, 0) is 57.4 Å². The lowest BCUT2D eigenvalue weighted by molar-refractivity contribution is -0.145. The first-order valence-electron chi connectivity index (χ1n) is 7.95. The van der Waals surface area contributed by atoms with E-state index >= 15 is 0 Å². The molecular formula is C18H24FNO3S. The second-order valence-corrected chi connectivity index (χ2v) is 8.88. The third-order valence-corrected chi connectivity index (χ3v) is 5.54. The van der Waals surface area contributed by atoms with Crippen molar-refractivity contribution in [1.29, 1.82) is 0 Å². The molecule has 1 aliphatic rings. The van der Waals surface area contributed by atoms with Crippen molar-refractivity contribution in [2.24, 2.45) is 0 Å². The number of ether oxygens (including phenoxy) is 1. The number of nitrogens with one attached hydrogen (secondary N) is 1. The van der Waals surface area contributed by atoms with Crippen molar-refractivity contribution < 1.29 is 18.1 Å². The van der Waals surface area contributed by atoms with Crippen molar-refractivity contribution in [3.8, 4) is 0 Å².